The van der Waals surface area contributed by atoms with Crippen LogP contribution in [0, 0.1) is 5.92 Å². The van der Waals surface area contributed by atoms with E-state index in [1.165, 1.54) is 21.9 Å². The Hall–Kier alpha value is -2.92. The number of nitrogens with two attached hydrogens (primary N) is 1. The Kier molecular flexibility index (Phi) is 4.62. The van der Waals surface area contributed by atoms with Crippen LogP contribution in [0.1, 0.15) is 20.8 Å². The second-order valence-electron chi connectivity index (χ2n) is 8.08. The average molecular weight is 433 g/mol. The first-order valence-corrected chi connectivity index (χ1v) is 11.1. The van der Waals surface area contributed by atoms with Crippen molar-refractivity contribution in [1.82, 2.24) is 14.7 Å². The molecule has 11 heteroatoms. The van der Waals surface area contributed by atoms with Crippen molar-refractivity contribution in [2.24, 2.45) is 16.0 Å². The van der Waals surface area contributed by atoms with Gasteiger partial charge in [-0.15, -0.1) is 0 Å². The maximum Gasteiger partial charge on any atom is 0.328 e. The van der Waals surface area contributed by atoms with Crippen molar-refractivity contribution in [2.45, 2.75) is 37.9 Å². The molecule has 2 atom stereocenters. The maximum absolute atomic E-state index is 13.2. The summed E-state index contributed by atoms with van der Waals surface area (Å²) in [5.41, 5.74) is 1.50. The zero-order valence-electron chi connectivity index (χ0n) is 17.2. The van der Waals surface area contributed by atoms with E-state index in [1.54, 1.807) is 24.1 Å². The number of aliphatic imine (C=N–C) groups is 1. The Morgan fingerprint density at radius 2 is 1.80 bits per heavy atom. The van der Waals surface area contributed by atoms with E-state index in [1.807, 2.05) is 31.9 Å². The van der Waals surface area contributed by atoms with Gasteiger partial charge in [0.25, 0.3) is 5.91 Å². The number of sulfonamides is 1. The smallest absolute Gasteiger partial charge is 0.302 e. The number of allylic oxidation sites excluding steroid dienone is 1. The number of carbonyl (C=O) groups is 2. The second-order valence-corrected chi connectivity index (χ2v) is 9.64. The Labute approximate surface area is 175 Å². The molecule has 1 aromatic carbocycles. The molecule has 0 aliphatic carbocycles. The first kappa shape index (κ1) is 20.4. The van der Waals surface area contributed by atoms with Crippen LogP contribution in [0.2, 0.25) is 0 Å². The molecule has 1 fully saturated rings. The number of fused-ring (bicyclic) bond motifs is 3. The normalized spacial score (nSPS) is 23.8. The van der Waals surface area contributed by atoms with E-state index in [-0.39, 0.29) is 22.8 Å². The van der Waals surface area contributed by atoms with E-state index in [2.05, 4.69) is 4.99 Å². The summed E-state index contributed by atoms with van der Waals surface area (Å²) in [7, 11) is -2.15. The van der Waals surface area contributed by atoms with Crippen LogP contribution in [-0.4, -0.2) is 66.8 Å². The number of anilines is 1. The summed E-state index contributed by atoms with van der Waals surface area (Å²) in [4.78, 5) is 37.0. The average Bonchev–Trinajstić information content (AvgIpc) is 3.17. The first-order chi connectivity index (χ1) is 14.0. The number of hydrogen-bond acceptors (Lipinski definition) is 7. The number of amides is 3. The lowest BCUT2D eigenvalue weighted by Gasteiger charge is -2.40. The van der Waals surface area contributed by atoms with Crippen LogP contribution >= 0.6 is 0 Å². The largest absolute Gasteiger partial charge is 0.328 e. The van der Waals surface area contributed by atoms with Crippen LogP contribution in [0.5, 0.6) is 0 Å². The van der Waals surface area contributed by atoms with Gasteiger partial charge >= 0.3 is 6.03 Å². The van der Waals surface area contributed by atoms with Gasteiger partial charge in [-0.3, -0.25) is 14.6 Å². The molecular formula is C19H24N6O4S. The minimum Gasteiger partial charge on any atom is -0.302 e. The molecule has 0 aromatic heterocycles. The molecule has 0 radical (unpaired) electrons. The number of guanidine groups is 1. The van der Waals surface area contributed by atoms with Crippen molar-refractivity contribution in [2.75, 3.05) is 18.5 Å². The van der Waals surface area contributed by atoms with E-state index >= 15 is 0 Å². The third-order valence-electron chi connectivity index (χ3n) is 5.36. The molecule has 3 aliphatic rings. The summed E-state index contributed by atoms with van der Waals surface area (Å²) in [5, 5.41) is 5.18. The molecule has 2 unspecified atom stereocenters. The topological polar surface area (TPSA) is 120 Å². The fourth-order valence-corrected chi connectivity index (χ4v) is 4.51. The summed E-state index contributed by atoms with van der Waals surface area (Å²) < 4.78 is 23.1. The summed E-state index contributed by atoms with van der Waals surface area (Å²) >= 11 is 0. The van der Waals surface area contributed by atoms with Crippen molar-refractivity contribution in [3.63, 3.8) is 0 Å². The number of urea groups is 1. The van der Waals surface area contributed by atoms with Crippen LogP contribution in [-0.2, 0) is 14.8 Å². The highest BCUT2D eigenvalue weighted by atomic mass is 32.2. The predicted octanol–water partition coefficient (Wildman–Crippen LogP) is 0.932. The Bertz CT molecular complexity index is 1080. The second kappa shape index (κ2) is 6.81. The van der Waals surface area contributed by atoms with Crippen molar-refractivity contribution in [3.05, 3.63) is 36.2 Å². The van der Waals surface area contributed by atoms with Gasteiger partial charge in [0.2, 0.25) is 16.0 Å². The van der Waals surface area contributed by atoms with Gasteiger partial charge in [-0.05, 0) is 37.1 Å². The number of imide groups is 1. The summed E-state index contributed by atoms with van der Waals surface area (Å²) in [5.74, 6) is 0.394. The van der Waals surface area contributed by atoms with Gasteiger partial charge in [0.15, 0.2) is 12.2 Å². The van der Waals surface area contributed by atoms with Crippen molar-refractivity contribution in [1.29, 1.82) is 0 Å². The quantitative estimate of drug-likeness (QED) is 0.756. The van der Waals surface area contributed by atoms with Gasteiger partial charge in [0.05, 0.1) is 4.90 Å². The zero-order chi connectivity index (χ0) is 22.0. The fraction of sp³-hybridized carbons (Fsp3) is 0.421. The Balaban J connectivity index is 1.69. The van der Waals surface area contributed by atoms with Gasteiger partial charge in [0.1, 0.15) is 0 Å². The predicted molar refractivity (Wildman–Crippen MR) is 111 cm³/mol. The number of likely N-dealkylation sites (N-methyl/N-ethyl adjacent to an activating group) is 1. The highest BCUT2D eigenvalue weighted by Crippen LogP contribution is 2.36. The number of rotatable bonds is 4. The van der Waals surface area contributed by atoms with E-state index in [9.17, 15) is 18.0 Å². The Morgan fingerprint density at radius 3 is 2.37 bits per heavy atom. The molecule has 0 saturated carbocycles. The zero-order valence-corrected chi connectivity index (χ0v) is 18.0. The molecule has 4 rings (SSSR count). The minimum atomic E-state index is -3.80. The van der Waals surface area contributed by atoms with Crippen LogP contribution in [0.3, 0.4) is 0 Å². The molecule has 3 heterocycles. The van der Waals surface area contributed by atoms with Gasteiger partial charge in [-0.25, -0.2) is 23.3 Å². The molecule has 0 spiro atoms. The minimum absolute atomic E-state index is 0.0100. The number of nitrogens with zero attached hydrogens (tertiary/aromatic N) is 5. The van der Waals surface area contributed by atoms with E-state index in [0.717, 1.165) is 5.70 Å². The third-order valence-corrected chi connectivity index (χ3v) is 6.29. The SMILES string of the molecule is CC1=CN2C(=NC3C2C(=O)N(CC(C)C)C(=O)N3C)N1c1ccc(S(N)(=O)=O)cc1. The molecule has 30 heavy (non-hydrogen) atoms. The van der Waals surface area contributed by atoms with Gasteiger partial charge in [0, 0.05) is 31.2 Å². The molecule has 10 nitrogen and oxygen atoms in total. The standard InChI is InChI=1S/C19H24N6O4S/c1-11(2)9-24-17(26)15-16(22(4)19(24)27)21-18-23(15)10-12(3)25(18)13-5-7-14(8-6-13)30(20,28)29/h5-8,10-11,15-16H,9H2,1-4H3,(H2,20,28,29). The van der Waals surface area contributed by atoms with Crippen molar-refractivity contribution in [3.8, 4) is 0 Å². The third kappa shape index (κ3) is 3.05. The molecular weight excluding hydrogens is 408 g/mol. The summed E-state index contributed by atoms with van der Waals surface area (Å²) in [6.45, 7) is 6.12. The first-order valence-electron chi connectivity index (χ1n) is 9.56. The van der Waals surface area contributed by atoms with Crippen LogP contribution in [0.15, 0.2) is 46.1 Å². The van der Waals surface area contributed by atoms with Crippen molar-refractivity contribution < 1.29 is 18.0 Å². The molecule has 0 bridgehead atoms. The fourth-order valence-electron chi connectivity index (χ4n) is 3.99. The number of hydrogen-bond donors (Lipinski definition) is 1. The lowest BCUT2D eigenvalue weighted by atomic mass is 10.1. The van der Waals surface area contributed by atoms with Gasteiger partial charge in [-0.2, -0.15) is 0 Å². The molecule has 160 valence electrons. The van der Waals surface area contributed by atoms with Gasteiger partial charge < -0.3 is 9.80 Å². The molecule has 3 amide bonds. The van der Waals surface area contributed by atoms with Gasteiger partial charge in [-0.1, -0.05) is 13.8 Å². The lowest BCUT2D eigenvalue weighted by molar-refractivity contribution is -0.137. The molecule has 1 saturated heterocycles. The lowest BCUT2D eigenvalue weighted by Crippen LogP contribution is -2.64. The number of carbonyl (C=O) groups excluding carboxylic acids is 2. The van der Waals surface area contributed by atoms with Crippen LogP contribution < -0.4 is 10.0 Å². The molecule has 3 aliphatic heterocycles. The maximum atomic E-state index is 13.2. The van der Waals surface area contributed by atoms with E-state index < -0.39 is 22.2 Å². The van der Waals surface area contributed by atoms with E-state index in [0.29, 0.717) is 18.2 Å². The molecule has 2 N–H and O–H groups in total. The Morgan fingerprint density at radius 1 is 1.17 bits per heavy atom. The summed E-state index contributed by atoms with van der Waals surface area (Å²) in [6, 6.07) is 5.12. The highest BCUT2D eigenvalue weighted by molar-refractivity contribution is 7.89. The number of primary sulfonamides is 1. The van der Waals surface area contributed by atoms with Crippen LogP contribution in [0.25, 0.3) is 0 Å². The van der Waals surface area contributed by atoms with Crippen LogP contribution in [0.4, 0.5) is 10.5 Å². The molecule has 1 aromatic rings. The summed E-state index contributed by atoms with van der Waals surface area (Å²) in [6.07, 6.45) is 1.20. The van der Waals surface area contributed by atoms with Crippen molar-refractivity contribution >= 4 is 33.6 Å². The number of benzene rings is 1. The highest BCUT2D eigenvalue weighted by Gasteiger charge is 2.54. The monoisotopic (exact) mass is 432 g/mol. The van der Waals surface area contributed by atoms with E-state index in [4.69, 9.17) is 5.14 Å².